The summed E-state index contributed by atoms with van der Waals surface area (Å²) in [7, 11) is 0. The van der Waals surface area contributed by atoms with Gasteiger partial charge in [0.1, 0.15) is 5.69 Å². The van der Waals surface area contributed by atoms with Gasteiger partial charge in [-0.3, -0.25) is 14.8 Å². The second kappa shape index (κ2) is 6.16. The third-order valence-corrected chi connectivity index (χ3v) is 6.01. The van der Waals surface area contributed by atoms with Gasteiger partial charge in [0.05, 0.1) is 23.9 Å². The summed E-state index contributed by atoms with van der Waals surface area (Å²) in [6, 6.07) is 9.60. The number of fused-ring (bicyclic) bond motifs is 3. The normalized spacial score (nSPS) is 27.2. The van der Waals surface area contributed by atoms with Crippen molar-refractivity contribution in [3.8, 4) is 0 Å². The van der Waals surface area contributed by atoms with Gasteiger partial charge in [-0.05, 0) is 49.9 Å². The molecule has 5 rings (SSSR count). The predicted octanol–water partition coefficient (Wildman–Crippen LogP) is 2.63. The standard InChI is InChI=1S/C21H22N4O2/c26-20(18-3-1-2-8-23-18)25-16-4-5-17(25)12-21(27,11-16)14-24-10-7-15-6-9-22-13-19(15)24/h1-3,6-10,13,16-17,27H,4-5,11-12,14H2. The van der Waals surface area contributed by atoms with Crippen LogP contribution in [0.4, 0.5) is 0 Å². The molecule has 2 aliphatic heterocycles. The molecule has 2 atom stereocenters. The molecule has 2 aliphatic rings. The van der Waals surface area contributed by atoms with Crippen LogP contribution in [-0.2, 0) is 6.54 Å². The number of carbonyl (C=O) groups is 1. The van der Waals surface area contributed by atoms with Crippen molar-refractivity contribution in [1.29, 1.82) is 0 Å². The minimum atomic E-state index is -0.811. The highest BCUT2D eigenvalue weighted by Crippen LogP contribution is 2.42. The average molecular weight is 362 g/mol. The molecule has 6 nitrogen and oxygen atoms in total. The Morgan fingerprint density at radius 3 is 2.70 bits per heavy atom. The van der Waals surface area contributed by atoms with Crippen LogP contribution in [0.2, 0.25) is 0 Å². The van der Waals surface area contributed by atoms with E-state index in [2.05, 4.69) is 20.6 Å². The summed E-state index contributed by atoms with van der Waals surface area (Å²) in [5.74, 6) is -0.0132. The number of nitrogens with zero attached hydrogens (tertiary/aromatic N) is 4. The Balaban J connectivity index is 1.38. The first-order valence-electron chi connectivity index (χ1n) is 9.48. The van der Waals surface area contributed by atoms with Crippen LogP contribution < -0.4 is 0 Å². The molecule has 2 saturated heterocycles. The second-order valence-electron chi connectivity index (χ2n) is 7.82. The second-order valence-corrected chi connectivity index (χ2v) is 7.82. The van der Waals surface area contributed by atoms with Gasteiger partial charge in [-0.25, -0.2) is 0 Å². The first kappa shape index (κ1) is 16.4. The number of pyridine rings is 2. The van der Waals surface area contributed by atoms with E-state index < -0.39 is 5.60 Å². The monoisotopic (exact) mass is 362 g/mol. The summed E-state index contributed by atoms with van der Waals surface area (Å²) in [4.78, 5) is 23.3. The zero-order chi connectivity index (χ0) is 18.4. The lowest BCUT2D eigenvalue weighted by molar-refractivity contribution is -0.0534. The Labute approximate surface area is 157 Å². The summed E-state index contributed by atoms with van der Waals surface area (Å²) in [5, 5.41) is 12.5. The lowest BCUT2D eigenvalue weighted by Crippen LogP contribution is -2.54. The molecular formula is C21H22N4O2. The molecular weight excluding hydrogens is 340 g/mol. The Morgan fingerprint density at radius 2 is 1.96 bits per heavy atom. The summed E-state index contributed by atoms with van der Waals surface area (Å²) < 4.78 is 2.08. The molecule has 27 heavy (non-hydrogen) atoms. The van der Waals surface area contributed by atoms with Gasteiger partial charge in [-0.1, -0.05) is 6.07 Å². The summed E-state index contributed by atoms with van der Waals surface area (Å²) in [6.45, 7) is 0.529. The highest BCUT2D eigenvalue weighted by molar-refractivity contribution is 5.93. The SMILES string of the molecule is O=C(c1ccccn1)N1C2CCC1CC(O)(Cn1ccc3ccncc31)C2. The van der Waals surface area contributed by atoms with Gasteiger partial charge < -0.3 is 14.6 Å². The lowest BCUT2D eigenvalue weighted by atomic mass is 9.85. The maximum absolute atomic E-state index is 12.9. The van der Waals surface area contributed by atoms with E-state index in [1.807, 2.05) is 35.5 Å². The smallest absolute Gasteiger partial charge is 0.272 e. The molecule has 0 spiro atoms. The van der Waals surface area contributed by atoms with Gasteiger partial charge in [-0.2, -0.15) is 0 Å². The first-order chi connectivity index (χ1) is 13.1. The lowest BCUT2D eigenvalue weighted by Gasteiger charge is -2.44. The highest BCUT2D eigenvalue weighted by atomic mass is 16.3. The number of piperidine rings is 1. The van der Waals surface area contributed by atoms with Crippen molar-refractivity contribution in [2.75, 3.05) is 0 Å². The Bertz CT molecular complexity index is 970. The Morgan fingerprint density at radius 1 is 1.15 bits per heavy atom. The fourth-order valence-corrected chi connectivity index (χ4v) is 4.89. The van der Waals surface area contributed by atoms with Crippen LogP contribution in [0.1, 0.15) is 36.2 Å². The van der Waals surface area contributed by atoms with Crippen LogP contribution in [0, 0.1) is 0 Å². The molecule has 0 saturated carbocycles. The summed E-state index contributed by atoms with van der Waals surface area (Å²) in [6.07, 6.45) is 10.4. The van der Waals surface area contributed by atoms with Gasteiger partial charge in [0.15, 0.2) is 0 Å². The van der Waals surface area contributed by atoms with Crippen LogP contribution in [0.25, 0.3) is 10.9 Å². The van der Waals surface area contributed by atoms with E-state index in [0.717, 1.165) is 23.7 Å². The molecule has 3 aromatic rings. The zero-order valence-electron chi connectivity index (χ0n) is 15.0. The molecule has 138 valence electrons. The third kappa shape index (κ3) is 2.80. The average Bonchev–Trinajstić information content (AvgIpc) is 3.21. The van der Waals surface area contributed by atoms with Crippen molar-refractivity contribution in [3.63, 3.8) is 0 Å². The molecule has 0 aliphatic carbocycles. The van der Waals surface area contributed by atoms with Gasteiger partial charge in [0.2, 0.25) is 0 Å². The molecule has 1 amide bonds. The molecule has 2 fully saturated rings. The van der Waals surface area contributed by atoms with Crippen molar-refractivity contribution < 1.29 is 9.90 Å². The third-order valence-electron chi connectivity index (χ3n) is 6.01. The summed E-state index contributed by atoms with van der Waals surface area (Å²) >= 11 is 0. The van der Waals surface area contributed by atoms with Crippen LogP contribution in [0.5, 0.6) is 0 Å². The molecule has 1 N–H and O–H groups in total. The van der Waals surface area contributed by atoms with Crippen LogP contribution in [0.3, 0.4) is 0 Å². The topological polar surface area (TPSA) is 71.2 Å². The minimum Gasteiger partial charge on any atom is -0.388 e. The number of hydrogen-bond donors (Lipinski definition) is 1. The van der Waals surface area contributed by atoms with Crippen molar-refractivity contribution >= 4 is 16.8 Å². The first-order valence-corrected chi connectivity index (χ1v) is 9.48. The quantitative estimate of drug-likeness (QED) is 0.777. The summed E-state index contributed by atoms with van der Waals surface area (Å²) in [5.41, 5.74) is 0.710. The Hall–Kier alpha value is -2.73. The van der Waals surface area contributed by atoms with Gasteiger partial charge >= 0.3 is 0 Å². The van der Waals surface area contributed by atoms with Gasteiger partial charge in [0, 0.05) is 36.1 Å². The van der Waals surface area contributed by atoms with E-state index in [4.69, 9.17) is 0 Å². The number of hydrogen-bond acceptors (Lipinski definition) is 4. The molecule has 0 aromatic carbocycles. The zero-order valence-corrected chi connectivity index (χ0v) is 15.0. The van der Waals surface area contributed by atoms with E-state index in [1.54, 1.807) is 18.5 Å². The van der Waals surface area contributed by atoms with E-state index in [1.165, 1.54) is 0 Å². The van der Waals surface area contributed by atoms with E-state index in [-0.39, 0.29) is 18.0 Å². The maximum atomic E-state index is 12.9. The van der Waals surface area contributed by atoms with Crippen molar-refractivity contribution in [2.24, 2.45) is 0 Å². The minimum absolute atomic E-state index is 0.0132. The molecule has 5 heterocycles. The van der Waals surface area contributed by atoms with Crippen molar-refractivity contribution in [1.82, 2.24) is 19.4 Å². The molecule has 3 aromatic heterocycles. The largest absolute Gasteiger partial charge is 0.388 e. The number of aromatic nitrogens is 3. The van der Waals surface area contributed by atoms with E-state index >= 15 is 0 Å². The fourth-order valence-electron chi connectivity index (χ4n) is 4.89. The number of aliphatic hydroxyl groups is 1. The van der Waals surface area contributed by atoms with Crippen molar-refractivity contribution in [2.45, 2.75) is 49.9 Å². The number of amides is 1. The van der Waals surface area contributed by atoms with Crippen LogP contribution in [0.15, 0.2) is 55.1 Å². The Kier molecular flexibility index (Phi) is 3.75. The predicted molar refractivity (Wildman–Crippen MR) is 101 cm³/mol. The van der Waals surface area contributed by atoms with Gasteiger partial charge in [-0.15, -0.1) is 0 Å². The van der Waals surface area contributed by atoms with Crippen LogP contribution in [-0.4, -0.2) is 48.1 Å². The number of carbonyl (C=O) groups excluding carboxylic acids is 1. The highest BCUT2D eigenvalue weighted by Gasteiger charge is 2.49. The van der Waals surface area contributed by atoms with Crippen molar-refractivity contribution in [3.05, 3.63) is 60.8 Å². The van der Waals surface area contributed by atoms with Crippen LogP contribution >= 0.6 is 0 Å². The maximum Gasteiger partial charge on any atom is 0.272 e. The number of rotatable bonds is 3. The molecule has 2 unspecified atom stereocenters. The van der Waals surface area contributed by atoms with E-state index in [0.29, 0.717) is 25.1 Å². The van der Waals surface area contributed by atoms with E-state index in [9.17, 15) is 9.90 Å². The molecule has 0 radical (unpaired) electrons. The van der Waals surface area contributed by atoms with Gasteiger partial charge in [0.25, 0.3) is 5.91 Å². The molecule has 2 bridgehead atoms. The fraction of sp³-hybridized carbons (Fsp3) is 0.381. The molecule has 6 heteroatoms.